The Hall–Kier alpha value is -0.830. The van der Waals surface area contributed by atoms with Crippen LogP contribution in [0.25, 0.3) is 0 Å². The minimum absolute atomic E-state index is 0.180. The second-order valence-electron chi connectivity index (χ2n) is 5.32. The number of nitrogens with one attached hydrogen (secondary N) is 2. The molecule has 2 bridgehead atoms. The van der Waals surface area contributed by atoms with E-state index in [1.54, 1.807) is 0 Å². The molecule has 3 rings (SSSR count). The van der Waals surface area contributed by atoms with Crippen LogP contribution in [0.5, 0.6) is 0 Å². The Balaban J connectivity index is 1.91. The largest absolute Gasteiger partial charge is 0.338 e. The molecule has 82 valence electrons. The van der Waals surface area contributed by atoms with Gasteiger partial charge in [0.25, 0.3) is 0 Å². The van der Waals surface area contributed by atoms with Crippen molar-refractivity contribution in [2.24, 2.45) is 17.8 Å². The molecule has 0 aromatic heterocycles. The maximum Gasteiger partial charge on any atom is 0.226 e. The lowest BCUT2D eigenvalue weighted by atomic mass is 9.84. The number of hydrogen-bond acceptors (Lipinski definition) is 2. The highest BCUT2D eigenvalue weighted by molar-refractivity contribution is 5.82. The smallest absolute Gasteiger partial charge is 0.226 e. The average Bonchev–Trinajstić information content (AvgIpc) is 2.77. The second-order valence-corrected chi connectivity index (χ2v) is 5.32. The molecule has 1 unspecified atom stereocenters. The zero-order valence-electron chi connectivity index (χ0n) is 9.29. The van der Waals surface area contributed by atoms with Crippen molar-refractivity contribution < 1.29 is 4.79 Å². The van der Waals surface area contributed by atoms with Crippen LogP contribution in [-0.4, -0.2) is 17.6 Å². The second kappa shape index (κ2) is 2.85. The lowest BCUT2D eigenvalue weighted by Crippen LogP contribution is -2.69. The molecule has 1 amide bonds. The Labute approximate surface area is 90.3 Å². The van der Waals surface area contributed by atoms with Crippen LogP contribution in [0.3, 0.4) is 0 Å². The summed E-state index contributed by atoms with van der Waals surface area (Å²) in [6.45, 7) is 4.19. The third-order valence-corrected chi connectivity index (χ3v) is 4.35. The fourth-order valence-corrected chi connectivity index (χ4v) is 3.33. The van der Waals surface area contributed by atoms with Gasteiger partial charge in [0.05, 0.1) is 11.6 Å². The van der Waals surface area contributed by atoms with Crippen LogP contribution in [0.4, 0.5) is 0 Å². The van der Waals surface area contributed by atoms with E-state index in [4.69, 9.17) is 0 Å². The number of hydrogen-bond donors (Lipinski definition) is 2. The maximum atomic E-state index is 12.1. The molecule has 3 aliphatic rings. The highest BCUT2D eigenvalue weighted by Gasteiger charge is 2.53. The fraction of sp³-hybridized carbons (Fsp3) is 0.750. The quantitative estimate of drug-likeness (QED) is 0.629. The first kappa shape index (κ1) is 9.40. The van der Waals surface area contributed by atoms with Gasteiger partial charge < -0.3 is 5.32 Å². The number of fused-ring (bicyclic) bond motifs is 5. The van der Waals surface area contributed by atoms with Crippen molar-refractivity contribution in [3.05, 3.63) is 12.2 Å². The van der Waals surface area contributed by atoms with Gasteiger partial charge >= 0.3 is 0 Å². The van der Waals surface area contributed by atoms with Crippen LogP contribution in [0.2, 0.25) is 0 Å². The van der Waals surface area contributed by atoms with Crippen molar-refractivity contribution in [2.45, 2.75) is 38.4 Å². The van der Waals surface area contributed by atoms with Crippen LogP contribution in [-0.2, 0) is 4.79 Å². The molecule has 3 nitrogen and oxygen atoms in total. The Morgan fingerprint density at radius 1 is 1.47 bits per heavy atom. The zero-order chi connectivity index (χ0) is 10.6. The van der Waals surface area contributed by atoms with E-state index in [9.17, 15) is 4.79 Å². The molecule has 5 atom stereocenters. The topological polar surface area (TPSA) is 41.1 Å². The summed E-state index contributed by atoms with van der Waals surface area (Å²) >= 11 is 0. The molecule has 3 heteroatoms. The van der Waals surface area contributed by atoms with Crippen LogP contribution in [0.1, 0.15) is 26.7 Å². The zero-order valence-corrected chi connectivity index (χ0v) is 9.29. The monoisotopic (exact) mass is 206 g/mol. The molecule has 1 saturated heterocycles. The van der Waals surface area contributed by atoms with Gasteiger partial charge in [0.2, 0.25) is 5.91 Å². The molecular formula is C12H18N2O. The Morgan fingerprint density at radius 2 is 2.20 bits per heavy atom. The van der Waals surface area contributed by atoms with E-state index >= 15 is 0 Å². The standard InChI is InChI=1S/C12H18N2O/c1-3-12(2)13-10-8-5-4-7(6-8)9(10)11(15)14-12/h4-5,7-10,13H,3,6H2,1-2H3,(H,14,15)/t7-,8+,9+,10-,12?/m0/s1. The summed E-state index contributed by atoms with van der Waals surface area (Å²) in [7, 11) is 0. The van der Waals surface area contributed by atoms with Crippen molar-refractivity contribution in [1.82, 2.24) is 10.6 Å². The Bertz CT molecular complexity index is 339. The fourth-order valence-electron chi connectivity index (χ4n) is 3.33. The minimum Gasteiger partial charge on any atom is -0.338 e. The van der Waals surface area contributed by atoms with Gasteiger partial charge in [0, 0.05) is 6.04 Å². The summed E-state index contributed by atoms with van der Waals surface area (Å²) in [5.74, 6) is 1.49. The molecule has 1 heterocycles. The summed E-state index contributed by atoms with van der Waals surface area (Å²) in [6.07, 6.45) is 6.60. The lowest BCUT2D eigenvalue weighted by molar-refractivity contribution is -0.132. The highest BCUT2D eigenvalue weighted by Crippen LogP contribution is 2.46. The van der Waals surface area contributed by atoms with Crippen molar-refractivity contribution >= 4 is 5.91 Å². The summed E-state index contributed by atoms with van der Waals surface area (Å²) in [5, 5.41) is 6.73. The lowest BCUT2D eigenvalue weighted by Gasteiger charge is -2.44. The molecule has 0 aromatic carbocycles. The van der Waals surface area contributed by atoms with E-state index < -0.39 is 0 Å². The molecule has 2 N–H and O–H groups in total. The van der Waals surface area contributed by atoms with Crippen molar-refractivity contribution in [3.8, 4) is 0 Å². The van der Waals surface area contributed by atoms with E-state index in [0.717, 1.165) is 12.8 Å². The Morgan fingerprint density at radius 3 is 2.93 bits per heavy atom. The first-order chi connectivity index (χ1) is 7.13. The molecule has 0 spiro atoms. The van der Waals surface area contributed by atoms with E-state index in [-0.39, 0.29) is 17.5 Å². The SMILES string of the molecule is CCC1(C)NC(=O)[C@H]2[C@@H](N1)[C@@H]1C=C[C@H]2C1. The number of rotatable bonds is 1. The van der Waals surface area contributed by atoms with Gasteiger partial charge in [-0.1, -0.05) is 19.1 Å². The van der Waals surface area contributed by atoms with Crippen molar-refractivity contribution in [2.75, 3.05) is 0 Å². The normalized spacial score (nSPS) is 51.7. The van der Waals surface area contributed by atoms with Gasteiger partial charge in [0.15, 0.2) is 0 Å². The number of allylic oxidation sites excluding steroid dienone is 1. The molecular weight excluding hydrogens is 188 g/mol. The maximum absolute atomic E-state index is 12.1. The summed E-state index contributed by atoms with van der Waals surface area (Å²) in [5.41, 5.74) is -0.198. The van der Waals surface area contributed by atoms with Gasteiger partial charge in [-0.3, -0.25) is 10.1 Å². The molecule has 2 fully saturated rings. The molecule has 1 aliphatic heterocycles. The van der Waals surface area contributed by atoms with E-state index in [2.05, 4.69) is 36.6 Å². The predicted molar refractivity (Wildman–Crippen MR) is 58.0 cm³/mol. The third-order valence-electron chi connectivity index (χ3n) is 4.35. The molecule has 15 heavy (non-hydrogen) atoms. The van der Waals surface area contributed by atoms with Crippen LogP contribution in [0, 0.1) is 17.8 Å². The molecule has 1 saturated carbocycles. The van der Waals surface area contributed by atoms with Gasteiger partial charge in [-0.05, 0) is 31.6 Å². The van der Waals surface area contributed by atoms with Gasteiger partial charge in [-0.2, -0.15) is 0 Å². The third kappa shape index (κ3) is 1.19. The van der Waals surface area contributed by atoms with E-state index in [1.807, 2.05) is 0 Å². The first-order valence-electron chi connectivity index (χ1n) is 5.91. The summed E-state index contributed by atoms with van der Waals surface area (Å²) < 4.78 is 0. The predicted octanol–water partition coefficient (Wildman–Crippen LogP) is 1.02. The van der Waals surface area contributed by atoms with Crippen LogP contribution in [0.15, 0.2) is 12.2 Å². The Kier molecular flexibility index (Phi) is 1.78. The van der Waals surface area contributed by atoms with Gasteiger partial charge in [-0.25, -0.2) is 0 Å². The number of carbonyl (C=O) groups is 1. The van der Waals surface area contributed by atoms with Gasteiger partial charge in [0.1, 0.15) is 0 Å². The van der Waals surface area contributed by atoms with Crippen molar-refractivity contribution in [3.63, 3.8) is 0 Å². The highest BCUT2D eigenvalue weighted by atomic mass is 16.2. The molecule has 0 radical (unpaired) electrons. The summed E-state index contributed by atoms with van der Waals surface area (Å²) in [6, 6.07) is 0.374. The van der Waals surface area contributed by atoms with E-state index in [0.29, 0.717) is 17.9 Å². The van der Waals surface area contributed by atoms with Crippen LogP contribution < -0.4 is 10.6 Å². The average molecular weight is 206 g/mol. The van der Waals surface area contributed by atoms with Gasteiger partial charge in [-0.15, -0.1) is 0 Å². The molecule has 0 aromatic rings. The summed E-state index contributed by atoms with van der Waals surface area (Å²) in [4.78, 5) is 12.1. The molecule has 2 aliphatic carbocycles. The number of amides is 1. The van der Waals surface area contributed by atoms with Crippen molar-refractivity contribution in [1.29, 1.82) is 0 Å². The van der Waals surface area contributed by atoms with Crippen LogP contribution >= 0.6 is 0 Å². The van der Waals surface area contributed by atoms with E-state index in [1.165, 1.54) is 0 Å². The minimum atomic E-state index is -0.198. The first-order valence-corrected chi connectivity index (χ1v) is 5.91. The number of carbonyl (C=O) groups excluding carboxylic acids is 1.